The van der Waals surface area contributed by atoms with Crippen molar-refractivity contribution >= 4 is 6.03 Å². The number of hydrogen-bond donors (Lipinski definition) is 1. The minimum atomic E-state index is -0.0840. The van der Waals surface area contributed by atoms with Gasteiger partial charge in [-0.05, 0) is 19.3 Å². The summed E-state index contributed by atoms with van der Waals surface area (Å²) in [5, 5.41) is 2.98. The van der Waals surface area contributed by atoms with Crippen LogP contribution in [-0.2, 0) is 20.0 Å². The van der Waals surface area contributed by atoms with Gasteiger partial charge in [-0.3, -0.25) is 4.79 Å². The first-order valence-electron chi connectivity index (χ1n) is 6.99. The summed E-state index contributed by atoms with van der Waals surface area (Å²) in [5.74, 6) is 0.390. The zero-order chi connectivity index (χ0) is 14.9. The number of hydrogen-bond acceptors (Lipinski definition) is 3. The molecule has 1 N–H and O–H groups in total. The summed E-state index contributed by atoms with van der Waals surface area (Å²) in [5.41, 5.74) is 1.44. The molecule has 1 unspecified atom stereocenters. The van der Waals surface area contributed by atoms with Gasteiger partial charge in [0.15, 0.2) is 0 Å². The average molecular weight is 278 g/mol. The molecule has 2 rings (SSSR count). The van der Waals surface area contributed by atoms with Crippen molar-refractivity contribution < 1.29 is 4.79 Å². The highest BCUT2D eigenvalue weighted by Crippen LogP contribution is 2.13. The van der Waals surface area contributed by atoms with Crippen molar-refractivity contribution in [3.8, 4) is 0 Å². The second kappa shape index (κ2) is 5.64. The minimum Gasteiger partial charge on any atom is -0.335 e. The van der Waals surface area contributed by atoms with Crippen LogP contribution in [0, 0.1) is 5.92 Å². The summed E-state index contributed by atoms with van der Waals surface area (Å²) in [6.07, 6.45) is 2.08. The van der Waals surface area contributed by atoms with Crippen LogP contribution in [0.2, 0.25) is 0 Å². The number of nitrogens with one attached hydrogen (secondary N) is 1. The van der Waals surface area contributed by atoms with Gasteiger partial charge in [-0.1, -0.05) is 13.8 Å². The number of fused-ring (bicyclic) bond motifs is 1. The number of aromatic nitrogens is 2. The molecular weight excluding hydrogens is 256 g/mol. The first-order valence-corrected chi connectivity index (χ1v) is 6.99. The summed E-state index contributed by atoms with van der Waals surface area (Å²) in [6, 6.07) is 0.0415. The zero-order valence-electron chi connectivity index (χ0n) is 12.5. The van der Waals surface area contributed by atoms with Crippen molar-refractivity contribution in [1.29, 1.82) is 0 Å². The van der Waals surface area contributed by atoms with Crippen molar-refractivity contribution in [3.63, 3.8) is 0 Å². The Kier molecular flexibility index (Phi) is 4.11. The molecule has 1 aliphatic heterocycles. The van der Waals surface area contributed by atoms with Gasteiger partial charge in [0.05, 0.1) is 18.6 Å². The Morgan fingerprint density at radius 3 is 2.75 bits per heavy atom. The Balaban J connectivity index is 2.10. The Hall–Kier alpha value is -1.85. The van der Waals surface area contributed by atoms with Gasteiger partial charge in [0, 0.05) is 25.2 Å². The van der Waals surface area contributed by atoms with E-state index in [4.69, 9.17) is 0 Å². The Morgan fingerprint density at radius 2 is 2.10 bits per heavy atom. The topological polar surface area (TPSA) is 67.2 Å². The lowest BCUT2D eigenvalue weighted by Gasteiger charge is -2.30. The third-order valence-corrected chi connectivity index (χ3v) is 3.92. The van der Waals surface area contributed by atoms with Gasteiger partial charge in [-0.2, -0.15) is 0 Å². The predicted molar refractivity (Wildman–Crippen MR) is 76.4 cm³/mol. The highest BCUT2D eigenvalue weighted by Gasteiger charge is 2.25. The molecule has 0 spiro atoms. The normalized spacial score (nSPS) is 15.9. The lowest BCUT2D eigenvalue weighted by atomic mass is 10.1. The largest absolute Gasteiger partial charge is 0.335 e. The van der Waals surface area contributed by atoms with Crippen LogP contribution < -0.4 is 10.9 Å². The van der Waals surface area contributed by atoms with Crippen molar-refractivity contribution in [2.24, 2.45) is 13.0 Å². The third-order valence-electron chi connectivity index (χ3n) is 3.92. The van der Waals surface area contributed by atoms with Crippen LogP contribution >= 0.6 is 0 Å². The van der Waals surface area contributed by atoms with Crippen molar-refractivity contribution in [1.82, 2.24) is 19.8 Å². The number of nitrogens with zero attached hydrogens (tertiary/aromatic N) is 3. The monoisotopic (exact) mass is 278 g/mol. The van der Waals surface area contributed by atoms with Crippen molar-refractivity contribution in [3.05, 3.63) is 27.9 Å². The van der Waals surface area contributed by atoms with Gasteiger partial charge >= 0.3 is 6.03 Å². The van der Waals surface area contributed by atoms with E-state index in [1.54, 1.807) is 11.9 Å². The van der Waals surface area contributed by atoms with Gasteiger partial charge in [-0.15, -0.1) is 0 Å². The number of carbonyl (C=O) groups excluding carboxylic acids is 1. The summed E-state index contributed by atoms with van der Waals surface area (Å²) < 4.78 is 1.48. The molecule has 20 heavy (non-hydrogen) atoms. The molecule has 2 heterocycles. The molecule has 6 heteroatoms. The fourth-order valence-corrected chi connectivity index (χ4v) is 2.14. The molecule has 1 atom stereocenters. The number of urea groups is 1. The molecular formula is C14H22N4O2. The van der Waals surface area contributed by atoms with E-state index >= 15 is 0 Å². The predicted octanol–water partition coefficient (Wildman–Crippen LogP) is 0.893. The summed E-state index contributed by atoms with van der Waals surface area (Å²) in [6.45, 7) is 7.10. The van der Waals surface area contributed by atoms with Crippen LogP contribution in [0.15, 0.2) is 11.1 Å². The molecule has 0 fully saturated rings. The number of amides is 2. The first kappa shape index (κ1) is 14.6. The molecule has 0 saturated carbocycles. The average Bonchev–Trinajstić information content (AvgIpc) is 2.42. The molecule has 1 aromatic rings. The Morgan fingerprint density at radius 1 is 1.40 bits per heavy atom. The second-order valence-corrected chi connectivity index (χ2v) is 5.74. The standard InChI is InChI=1S/C14H22N4O2/c1-9(2)10(3)16-14(20)18-6-5-11-12(7-18)15-8-17(4)13(11)19/h8-10H,5-7H2,1-4H3,(H,16,20). The molecule has 1 aliphatic rings. The maximum atomic E-state index is 12.2. The van der Waals surface area contributed by atoms with E-state index < -0.39 is 0 Å². The second-order valence-electron chi connectivity index (χ2n) is 5.74. The van der Waals surface area contributed by atoms with Gasteiger partial charge in [0.1, 0.15) is 0 Å². The molecule has 0 bridgehead atoms. The molecule has 0 saturated heterocycles. The van der Waals surface area contributed by atoms with Crippen LogP contribution in [0.1, 0.15) is 32.0 Å². The van der Waals surface area contributed by atoms with Crippen LogP contribution in [0.4, 0.5) is 4.79 Å². The minimum absolute atomic E-state index is 0.00870. The summed E-state index contributed by atoms with van der Waals surface area (Å²) in [7, 11) is 1.69. The molecule has 6 nitrogen and oxygen atoms in total. The molecule has 0 aromatic carbocycles. The van der Waals surface area contributed by atoms with Crippen LogP contribution in [0.25, 0.3) is 0 Å². The number of carbonyl (C=O) groups is 1. The van der Waals surface area contributed by atoms with E-state index in [-0.39, 0.29) is 17.6 Å². The molecule has 0 radical (unpaired) electrons. The number of rotatable bonds is 2. The van der Waals surface area contributed by atoms with Crippen LogP contribution in [-0.4, -0.2) is 33.1 Å². The van der Waals surface area contributed by atoms with E-state index in [0.717, 1.165) is 5.56 Å². The summed E-state index contributed by atoms with van der Waals surface area (Å²) in [4.78, 5) is 30.1. The van der Waals surface area contributed by atoms with Gasteiger partial charge < -0.3 is 14.8 Å². The first-order chi connectivity index (χ1) is 9.40. The van der Waals surface area contributed by atoms with Crippen molar-refractivity contribution in [2.75, 3.05) is 6.54 Å². The molecule has 0 aliphatic carbocycles. The highest BCUT2D eigenvalue weighted by atomic mass is 16.2. The number of aryl methyl sites for hydroxylation is 1. The van der Waals surface area contributed by atoms with E-state index in [1.807, 2.05) is 6.92 Å². The zero-order valence-corrected chi connectivity index (χ0v) is 12.5. The fourth-order valence-electron chi connectivity index (χ4n) is 2.14. The highest BCUT2D eigenvalue weighted by molar-refractivity contribution is 5.74. The third kappa shape index (κ3) is 2.84. The van der Waals surface area contributed by atoms with Crippen LogP contribution in [0.5, 0.6) is 0 Å². The van der Waals surface area contributed by atoms with E-state index in [1.165, 1.54) is 10.9 Å². The van der Waals surface area contributed by atoms with E-state index in [0.29, 0.717) is 31.1 Å². The maximum absolute atomic E-state index is 12.2. The Labute approximate surface area is 118 Å². The lowest BCUT2D eigenvalue weighted by molar-refractivity contribution is 0.184. The lowest BCUT2D eigenvalue weighted by Crippen LogP contribution is -2.48. The molecule has 2 amide bonds. The van der Waals surface area contributed by atoms with E-state index in [9.17, 15) is 9.59 Å². The maximum Gasteiger partial charge on any atom is 0.317 e. The smallest absolute Gasteiger partial charge is 0.317 e. The SMILES string of the molecule is CC(C)C(C)NC(=O)N1CCc2c(ncn(C)c2=O)C1. The van der Waals surface area contributed by atoms with Crippen molar-refractivity contribution in [2.45, 2.75) is 39.8 Å². The molecule has 1 aromatic heterocycles. The van der Waals surface area contributed by atoms with Gasteiger partial charge in [0.2, 0.25) is 0 Å². The van der Waals surface area contributed by atoms with Gasteiger partial charge in [0.25, 0.3) is 5.56 Å². The Bertz CT molecular complexity index is 565. The molecule has 110 valence electrons. The summed E-state index contributed by atoms with van der Waals surface area (Å²) >= 11 is 0. The quantitative estimate of drug-likeness (QED) is 0.873. The van der Waals surface area contributed by atoms with E-state index in [2.05, 4.69) is 24.1 Å². The fraction of sp³-hybridized carbons (Fsp3) is 0.643. The van der Waals surface area contributed by atoms with Gasteiger partial charge in [-0.25, -0.2) is 9.78 Å². The van der Waals surface area contributed by atoms with Crippen LogP contribution in [0.3, 0.4) is 0 Å².